The van der Waals surface area contributed by atoms with Gasteiger partial charge in [-0.25, -0.2) is 4.99 Å². The molecule has 0 bridgehead atoms. The molecule has 0 amide bonds. The molecule has 0 saturated carbocycles. The molecule has 2 atom stereocenters. The second-order valence-electron chi connectivity index (χ2n) is 4.93. The number of rotatable bonds is 2. The number of hydrogen-bond acceptors (Lipinski definition) is 4. The van der Waals surface area contributed by atoms with E-state index < -0.39 is 0 Å². The number of nitrogens with one attached hydrogen (secondary N) is 1. The fourth-order valence-corrected chi connectivity index (χ4v) is 2.58. The Morgan fingerprint density at radius 3 is 3.11 bits per heavy atom. The van der Waals surface area contributed by atoms with Gasteiger partial charge in [-0.1, -0.05) is 12.1 Å². The van der Waals surface area contributed by atoms with Gasteiger partial charge in [0.1, 0.15) is 18.4 Å². The summed E-state index contributed by atoms with van der Waals surface area (Å²) in [6.45, 7) is 2.65. The van der Waals surface area contributed by atoms with Crippen LogP contribution < -0.4 is 5.32 Å². The molecule has 4 nitrogen and oxygen atoms in total. The molecule has 2 aliphatic heterocycles. The van der Waals surface area contributed by atoms with Crippen molar-refractivity contribution in [2.75, 3.05) is 19.7 Å². The van der Waals surface area contributed by atoms with Gasteiger partial charge < -0.3 is 15.2 Å². The van der Waals surface area contributed by atoms with Crippen LogP contribution in [0.15, 0.2) is 29.3 Å². The summed E-state index contributed by atoms with van der Waals surface area (Å²) < 4.78 is 5.73. The Morgan fingerprint density at radius 2 is 2.33 bits per heavy atom. The number of phenolic OH excluding ortho intramolecular Hbond substituents is 1. The molecule has 96 valence electrons. The number of nitrogens with zero attached hydrogens (tertiary/aromatic N) is 1. The Bertz CT molecular complexity index is 453. The molecule has 2 aliphatic rings. The zero-order chi connectivity index (χ0) is 12.4. The Kier molecular flexibility index (Phi) is 3.19. The molecule has 18 heavy (non-hydrogen) atoms. The molecule has 0 aliphatic carbocycles. The number of ether oxygens (including phenoxy) is 1. The Balaban J connectivity index is 1.74. The maximum absolute atomic E-state index is 9.49. The van der Waals surface area contributed by atoms with Gasteiger partial charge >= 0.3 is 0 Å². The van der Waals surface area contributed by atoms with Gasteiger partial charge in [0.25, 0.3) is 0 Å². The number of aliphatic imine (C=N–C) groups is 1. The number of hydrogen-bond donors (Lipinski definition) is 2. The van der Waals surface area contributed by atoms with Crippen LogP contribution in [0.2, 0.25) is 0 Å². The summed E-state index contributed by atoms with van der Waals surface area (Å²) in [5.41, 5.74) is 1.02. The molecular formula is C14H18N2O2. The van der Waals surface area contributed by atoms with Crippen LogP contribution in [0.25, 0.3) is 0 Å². The lowest BCUT2D eigenvalue weighted by atomic mass is 9.99. The molecular weight excluding hydrogens is 228 g/mol. The predicted octanol–water partition coefficient (Wildman–Crippen LogP) is 1.86. The molecule has 0 spiro atoms. The van der Waals surface area contributed by atoms with E-state index in [-0.39, 0.29) is 11.8 Å². The molecule has 4 heteroatoms. The highest BCUT2D eigenvalue weighted by Gasteiger charge is 2.27. The molecule has 0 radical (unpaired) electrons. The second kappa shape index (κ2) is 4.98. The number of phenols is 1. The van der Waals surface area contributed by atoms with Crippen LogP contribution in [0.3, 0.4) is 0 Å². The fraction of sp³-hybridized carbons (Fsp3) is 0.500. The van der Waals surface area contributed by atoms with E-state index >= 15 is 0 Å². The maximum atomic E-state index is 9.49. The van der Waals surface area contributed by atoms with Crippen LogP contribution in [0.1, 0.15) is 24.4 Å². The van der Waals surface area contributed by atoms with Crippen molar-refractivity contribution in [1.29, 1.82) is 0 Å². The first-order valence-corrected chi connectivity index (χ1v) is 6.53. The molecule has 2 N–H and O–H groups in total. The lowest BCUT2D eigenvalue weighted by molar-refractivity contribution is 0.286. The van der Waals surface area contributed by atoms with Crippen molar-refractivity contribution in [3.63, 3.8) is 0 Å². The Morgan fingerprint density at radius 1 is 1.39 bits per heavy atom. The molecule has 1 saturated heterocycles. The molecule has 3 rings (SSSR count). The molecule has 0 aromatic heterocycles. The van der Waals surface area contributed by atoms with Crippen LogP contribution in [-0.2, 0) is 4.74 Å². The summed E-state index contributed by atoms with van der Waals surface area (Å²) >= 11 is 0. The van der Waals surface area contributed by atoms with E-state index in [1.807, 2.05) is 12.1 Å². The van der Waals surface area contributed by atoms with Gasteiger partial charge in [0.15, 0.2) is 5.90 Å². The van der Waals surface area contributed by atoms with Crippen molar-refractivity contribution in [2.45, 2.75) is 18.9 Å². The van der Waals surface area contributed by atoms with E-state index in [0.29, 0.717) is 12.5 Å². The van der Waals surface area contributed by atoms with E-state index in [4.69, 9.17) is 4.74 Å². The minimum atomic E-state index is 0.0361. The molecule has 1 aromatic rings. The smallest absolute Gasteiger partial charge is 0.188 e. The average molecular weight is 246 g/mol. The Labute approximate surface area is 107 Å². The highest BCUT2D eigenvalue weighted by atomic mass is 16.5. The molecule has 1 fully saturated rings. The molecule has 1 aromatic carbocycles. The highest BCUT2D eigenvalue weighted by molar-refractivity contribution is 5.80. The highest BCUT2D eigenvalue weighted by Crippen LogP contribution is 2.28. The first-order valence-electron chi connectivity index (χ1n) is 6.53. The lowest BCUT2D eigenvalue weighted by Crippen LogP contribution is -2.34. The van der Waals surface area contributed by atoms with Gasteiger partial charge in [-0.2, -0.15) is 0 Å². The predicted molar refractivity (Wildman–Crippen MR) is 69.8 cm³/mol. The zero-order valence-electron chi connectivity index (χ0n) is 10.3. The summed E-state index contributed by atoms with van der Waals surface area (Å²) in [7, 11) is 0. The van der Waals surface area contributed by atoms with Gasteiger partial charge in [0.05, 0.1) is 0 Å². The van der Waals surface area contributed by atoms with Crippen LogP contribution in [-0.4, -0.2) is 30.7 Å². The average Bonchev–Trinajstić information content (AvgIpc) is 2.89. The summed E-state index contributed by atoms with van der Waals surface area (Å²) in [5, 5.41) is 12.9. The van der Waals surface area contributed by atoms with Crippen molar-refractivity contribution in [2.24, 2.45) is 10.9 Å². The SMILES string of the molecule is Oc1cccc(C2COC(C3CCCNC3)=N2)c1. The van der Waals surface area contributed by atoms with Gasteiger partial charge in [-0.05, 0) is 37.1 Å². The lowest BCUT2D eigenvalue weighted by Gasteiger charge is -2.21. The largest absolute Gasteiger partial charge is 0.508 e. The van der Waals surface area contributed by atoms with Crippen molar-refractivity contribution < 1.29 is 9.84 Å². The summed E-state index contributed by atoms with van der Waals surface area (Å²) in [6, 6.07) is 7.31. The van der Waals surface area contributed by atoms with Gasteiger partial charge in [0, 0.05) is 12.5 Å². The standard InChI is InChI=1S/C14H18N2O2/c17-12-5-1-3-10(7-12)13-9-18-14(16-13)11-4-2-6-15-8-11/h1,3,5,7,11,13,15,17H,2,4,6,8-9H2. The summed E-state index contributed by atoms with van der Waals surface area (Å²) in [5.74, 6) is 1.59. The fourth-order valence-electron chi connectivity index (χ4n) is 2.58. The first kappa shape index (κ1) is 11.5. The third kappa shape index (κ3) is 2.34. The quantitative estimate of drug-likeness (QED) is 0.837. The van der Waals surface area contributed by atoms with E-state index in [1.165, 1.54) is 6.42 Å². The Hall–Kier alpha value is -1.55. The zero-order valence-corrected chi connectivity index (χ0v) is 10.3. The summed E-state index contributed by atoms with van der Waals surface area (Å²) in [4.78, 5) is 4.67. The number of piperidine rings is 1. The van der Waals surface area contributed by atoms with E-state index in [9.17, 15) is 5.11 Å². The van der Waals surface area contributed by atoms with Crippen LogP contribution in [0.4, 0.5) is 0 Å². The van der Waals surface area contributed by atoms with Crippen molar-refractivity contribution in [3.05, 3.63) is 29.8 Å². The van der Waals surface area contributed by atoms with E-state index in [1.54, 1.807) is 12.1 Å². The van der Waals surface area contributed by atoms with Crippen molar-refractivity contribution in [1.82, 2.24) is 5.32 Å². The van der Waals surface area contributed by atoms with Crippen molar-refractivity contribution >= 4 is 5.90 Å². The number of benzene rings is 1. The van der Waals surface area contributed by atoms with Crippen LogP contribution in [0, 0.1) is 5.92 Å². The van der Waals surface area contributed by atoms with Crippen molar-refractivity contribution in [3.8, 4) is 5.75 Å². The monoisotopic (exact) mass is 246 g/mol. The molecule has 2 heterocycles. The first-order chi connectivity index (χ1) is 8.83. The topological polar surface area (TPSA) is 53.9 Å². The van der Waals surface area contributed by atoms with E-state index in [0.717, 1.165) is 31.0 Å². The molecule has 2 unspecified atom stereocenters. The van der Waals surface area contributed by atoms with Crippen LogP contribution in [0.5, 0.6) is 5.75 Å². The van der Waals surface area contributed by atoms with Crippen LogP contribution >= 0.6 is 0 Å². The third-order valence-corrected chi connectivity index (χ3v) is 3.57. The minimum Gasteiger partial charge on any atom is -0.508 e. The third-order valence-electron chi connectivity index (χ3n) is 3.57. The van der Waals surface area contributed by atoms with Gasteiger partial charge in [-0.3, -0.25) is 0 Å². The summed E-state index contributed by atoms with van der Waals surface area (Å²) in [6.07, 6.45) is 2.34. The maximum Gasteiger partial charge on any atom is 0.188 e. The van der Waals surface area contributed by atoms with E-state index in [2.05, 4.69) is 10.3 Å². The minimum absolute atomic E-state index is 0.0361. The van der Waals surface area contributed by atoms with Gasteiger partial charge in [0.2, 0.25) is 0 Å². The number of aromatic hydroxyl groups is 1. The second-order valence-corrected chi connectivity index (χ2v) is 4.93. The van der Waals surface area contributed by atoms with Gasteiger partial charge in [-0.15, -0.1) is 0 Å². The normalized spacial score (nSPS) is 27.7.